The van der Waals surface area contributed by atoms with Gasteiger partial charge in [-0.2, -0.15) is 0 Å². The molecule has 368 valence electrons. The van der Waals surface area contributed by atoms with Gasteiger partial charge in [-0.1, -0.05) is 113 Å². The minimum atomic E-state index is -2.28. The minimum Gasteiger partial charge on any atom is -0.481 e. The van der Waals surface area contributed by atoms with Gasteiger partial charge in [-0.05, 0) is 43.9 Å². The number of aliphatic hydroxyl groups excluding tert-OH is 8. The van der Waals surface area contributed by atoms with Crippen LogP contribution in [0.4, 0.5) is 0 Å². The van der Waals surface area contributed by atoms with Gasteiger partial charge in [-0.15, -0.1) is 0 Å². The quantitative estimate of drug-likeness (QED) is 0.194. The van der Waals surface area contributed by atoms with Crippen molar-refractivity contribution in [2.75, 3.05) is 0 Å². The van der Waals surface area contributed by atoms with Crippen LogP contribution in [0.2, 0.25) is 0 Å². The summed E-state index contributed by atoms with van der Waals surface area (Å²) in [4.78, 5) is 25.3. The Hall–Kier alpha value is -3.20. The highest BCUT2D eigenvalue weighted by molar-refractivity contribution is 5.79. The van der Waals surface area contributed by atoms with Crippen LogP contribution in [0.1, 0.15) is 92.4 Å². The first-order chi connectivity index (χ1) is 30.6. The first-order valence-corrected chi connectivity index (χ1v) is 23.0. The van der Waals surface area contributed by atoms with E-state index in [1.165, 1.54) is 0 Å². The molecule has 0 saturated carbocycles. The number of aliphatic carboxylic acids is 1. The van der Waals surface area contributed by atoms with E-state index in [4.69, 9.17) is 19.9 Å². The summed E-state index contributed by atoms with van der Waals surface area (Å²) in [5, 5.41) is 108. The normalized spacial score (nSPS) is 45.6. The van der Waals surface area contributed by atoms with Gasteiger partial charge in [-0.25, -0.2) is 0 Å². The fraction of sp³-hybridized carbons (Fsp3) is 0.673. The minimum absolute atomic E-state index is 0.0540. The second-order valence-corrected chi connectivity index (χ2v) is 18.5. The number of ketones is 1. The molecule has 12 N–H and O–H groups in total. The Morgan fingerprint density at radius 1 is 0.662 bits per heavy atom. The number of hydrogen-bond donors (Lipinski definition) is 11. The Kier molecular flexibility index (Phi) is 23.8. The number of carboxylic acids is 1. The third kappa shape index (κ3) is 18.8. The molecule has 3 aliphatic heterocycles. The van der Waals surface area contributed by atoms with Crippen LogP contribution >= 0.6 is 0 Å². The predicted molar refractivity (Wildman–Crippen MR) is 243 cm³/mol. The molecule has 0 spiro atoms. The molecular weight excluding hydrogens is 843 g/mol. The van der Waals surface area contributed by atoms with Crippen LogP contribution in [0.25, 0.3) is 0 Å². The number of fused-ring (bicyclic) bond motifs is 2. The number of rotatable bonds is 3. The highest BCUT2D eigenvalue weighted by atomic mass is 16.7. The van der Waals surface area contributed by atoms with Gasteiger partial charge in [0.25, 0.3) is 0 Å². The molecule has 3 heterocycles. The summed E-state index contributed by atoms with van der Waals surface area (Å²) in [6, 6.07) is -0.700. The third-order valence-corrected chi connectivity index (χ3v) is 12.9. The topological polar surface area (TPSA) is 290 Å². The van der Waals surface area contributed by atoms with Crippen molar-refractivity contribution in [3.05, 3.63) is 85.1 Å². The van der Waals surface area contributed by atoms with Gasteiger partial charge in [-0.3, -0.25) is 9.59 Å². The van der Waals surface area contributed by atoms with Gasteiger partial charge in [0.2, 0.25) is 0 Å². The summed E-state index contributed by atoms with van der Waals surface area (Å²) in [7, 11) is 0. The highest BCUT2D eigenvalue weighted by Gasteiger charge is 2.51. The Morgan fingerprint density at radius 3 is 1.82 bits per heavy atom. The molecule has 0 amide bonds. The molecular formula is C49H77NO15. The van der Waals surface area contributed by atoms with E-state index in [9.17, 15) is 60.7 Å². The van der Waals surface area contributed by atoms with Crippen LogP contribution < -0.4 is 5.73 Å². The molecule has 0 radical (unpaired) electrons. The summed E-state index contributed by atoms with van der Waals surface area (Å²) in [6.45, 7) is 9.25. The van der Waals surface area contributed by atoms with E-state index < -0.39 is 116 Å². The first kappa shape index (κ1) is 56.1. The number of ether oxygens (including phenoxy) is 3. The number of nitrogens with two attached hydrogens (primary N) is 1. The van der Waals surface area contributed by atoms with Crippen LogP contribution in [0.3, 0.4) is 0 Å². The number of allylic oxidation sites excluding steroid dienone is 12. The lowest BCUT2D eigenvalue weighted by atomic mass is 9.81. The largest absolute Gasteiger partial charge is 0.481 e. The summed E-state index contributed by atoms with van der Waals surface area (Å²) in [5.74, 6) is -6.26. The van der Waals surface area contributed by atoms with Crippen LogP contribution in [0.5, 0.6) is 0 Å². The maximum Gasteiger partial charge on any atom is 0.311 e. The Bertz CT molecular complexity index is 1660. The lowest BCUT2D eigenvalue weighted by Gasteiger charge is -2.45. The van der Waals surface area contributed by atoms with E-state index >= 15 is 0 Å². The molecule has 19 atom stereocenters. The zero-order valence-corrected chi connectivity index (χ0v) is 38.4. The molecule has 65 heavy (non-hydrogen) atoms. The molecule has 6 unspecified atom stereocenters. The monoisotopic (exact) mass is 920 g/mol. The molecule has 3 rings (SSSR count). The van der Waals surface area contributed by atoms with Crippen molar-refractivity contribution in [1.29, 1.82) is 0 Å². The van der Waals surface area contributed by atoms with Crippen molar-refractivity contribution >= 4 is 11.8 Å². The van der Waals surface area contributed by atoms with E-state index in [0.29, 0.717) is 0 Å². The molecule has 0 aliphatic carbocycles. The van der Waals surface area contributed by atoms with Crippen LogP contribution in [0, 0.1) is 29.6 Å². The second kappa shape index (κ2) is 27.6. The molecule has 16 heteroatoms. The number of hydrogen-bond acceptors (Lipinski definition) is 15. The van der Waals surface area contributed by atoms with Crippen LogP contribution in [-0.4, -0.2) is 148 Å². The van der Waals surface area contributed by atoms with Gasteiger partial charge in [0, 0.05) is 50.5 Å². The van der Waals surface area contributed by atoms with Crippen molar-refractivity contribution < 1.29 is 74.9 Å². The maximum atomic E-state index is 12.8. The average Bonchev–Trinajstić information content (AvgIpc) is 3.21. The number of Topliss-reactive ketones (excluding diaryl/α,β-unsaturated/α-hetero) is 1. The van der Waals surface area contributed by atoms with Crippen molar-refractivity contribution in [3.8, 4) is 0 Å². The number of carbonyl (C=O) groups excluding carboxylic acids is 1. The Labute approximate surface area is 383 Å². The molecule has 16 nitrogen and oxygen atoms in total. The van der Waals surface area contributed by atoms with Crippen molar-refractivity contribution in [1.82, 2.24) is 0 Å². The Morgan fingerprint density at radius 2 is 1.23 bits per heavy atom. The van der Waals surface area contributed by atoms with Gasteiger partial charge in [0.15, 0.2) is 12.1 Å². The third-order valence-electron chi connectivity index (χ3n) is 12.9. The zero-order chi connectivity index (χ0) is 48.4. The van der Waals surface area contributed by atoms with Gasteiger partial charge >= 0.3 is 5.97 Å². The highest BCUT2D eigenvalue weighted by Crippen LogP contribution is 2.38. The van der Waals surface area contributed by atoms with E-state index in [1.54, 1.807) is 43.4 Å². The van der Waals surface area contributed by atoms with E-state index in [1.807, 2.05) is 76.3 Å². The molecule has 2 fully saturated rings. The molecule has 2 bridgehead atoms. The summed E-state index contributed by atoms with van der Waals surface area (Å²) in [6.07, 6.45) is 8.20. The lowest BCUT2D eigenvalue weighted by Crippen LogP contribution is -2.58. The van der Waals surface area contributed by atoms with Crippen LogP contribution in [0.15, 0.2) is 85.1 Å². The van der Waals surface area contributed by atoms with E-state index in [0.717, 1.165) is 0 Å². The molecule has 0 aromatic heterocycles. The maximum absolute atomic E-state index is 12.8. The number of aliphatic hydroxyl groups is 9. The van der Waals surface area contributed by atoms with Gasteiger partial charge < -0.3 is 71.0 Å². The second-order valence-electron chi connectivity index (χ2n) is 18.5. The summed E-state index contributed by atoms with van der Waals surface area (Å²) < 4.78 is 18.1. The first-order valence-electron chi connectivity index (χ1n) is 23.0. The van der Waals surface area contributed by atoms with Crippen molar-refractivity contribution in [2.45, 2.75) is 178 Å². The lowest BCUT2D eigenvalue weighted by molar-refractivity contribution is -0.307. The standard InChI is InChI=1S/C49H77NO15/c1-29-18-16-14-12-10-8-6-7-9-11-13-15-17-19-38(64-48-46(59)44(50)32(4)33(5)63-48)26-42-43(47(60)61)41(57)28-49(62,65-42)27-37(54)25-40(56)39(55)21-20-34(51)23-36(53)24-35(52)22-30(2)31(3)45(29)58/h6-19,29-34,36-46,48,51,53-59,62H,20-28,50H2,1-5H3,(H,60,61)/b7-6+,10-8+,11-9+,14-12+,15-13+,18-16+,19-17+/t29-,30+,31-,32?,33?,34+,36+,37-,38-,39+,40+,41-,42?,43+,44?,45+,46?,48?,49+/m0/s1. The van der Waals surface area contributed by atoms with Crippen molar-refractivity contribution in [2.24, 2.45) is 35.3 Å². The van der Waals surface area contributed by atoms with E-state index in [-0.39, 0.29) is 68.0 Å². The summed E-state index contributed by atoms with van der Waals surface area (Å²) >= 11 is 0. The van der Waals surface area contributed by atoms with Gasteiger partial charge in [0.05, 0.1) is 61.0 Å². The Balaban J connectivity index is 1.86. The molecule has 2 saturated heterocycles. The number of carboxylic acid groups (broad SMARTS) is 1. The zero-order valence-electron chi connectivity index (χ0n) is 38.4. The molecule has 0 aromatic carbocycles. The smallest absolute Gasteiger partial charge is 0.311 e. The van der Waals surface area contributed by atoms with Crippen molar-refractivity contribution in [3.63, 3.8) is 0 Å². The molecule has 3 aliphatic rings. The SMILES string of the molecule is CC1OC(O[C@H]2/C=C/C=C/C=C/C=C/C=C/C=C/C=C/[C@H](C)[C@@H](O)[C@@H](C)[C@H](C)CC(=O)C[C@H](O)C[C@H](O)CC[C@@H](O)[C@H](O)C[C@H](O)C[C@]3(O)C[C@H](O)[C@@H](C(=O)O)C(C2)O3)C(O)C(N)C1C. The number of carbonyl (C=O) groups is 2. The fourth-order valence-electron chi connectivity index (χ4n) is 8.52. The summed E-state index contributed by atoms with van der Waals surface area (Å²) in [5.41, 5.74) is 6.27. The average molecular weight is 920 g/mol. The predicted octanol–water partition coefficient (Wildman–Crippen LogP) is 2.65. The van der Waals surface area contributed by atoms with E-state index in [2.05, 4.69) is 0 Å². The van der Waals surface area contributed by atoms with Crippen LogP contribution in [-0.2, 0) is 23.8 Å². The van der Waals surface area contributed by atoms with Gasteiger partial charge in [0.1, 0.15) is 17.8 Å². The fourth-order valence-corrected chi connectivity index (χ4v) is 8.52. The molecule has 0 aromatic rings.